The average molecular weight is 435 g/mol. The van der Waals surface area contributed by atoms with E-state index in [1.54, 1.807) is 6.20 Å². The summed E-state index contributed by atoms with van der Waals surface area (Å²) in [6, 6.07) is 14.2. The molecule has 4 aromatic rings. The molecule has 158 valence electrons. The van der Waals surface area contributed by atoms with E-state index in [0.29, 0.717) is 17.8 Å². The van der Waals surface area contributed by atoms with Crippen LogP contribution in [0.4, 0.5) is 0 Å². The monoisotopic (exact) mass is 434 g/mol. The van der Waals surface area contributed by atoms with Crippen LogP contribution >= 0.6 is 11.3 Å². The molecule has 0 radical (unpaired) electrons. The second kappa shape index (κ2) is 9.55. The zero-order valence-electron chi connectivity index (χ0n) is 16.7. The Morgan fingerprint density at radius 1 is 1.10 bits per heavy atom. The minimum absolute atomic E-state index is 0.324. The molecule has 3 aromatic heterocycles. The molecule has 8 heteroatoms. The summed E-state index contributed by atoms with van der Waals surface area (Å²) in [5.74, 6) is -0.806. The summed E-state index contributed by atoms with van der Waals surface area (Å²) >= 11 is 1.31. The van der Waals surface area contributed by atoms with Crippen LogP contribution in [0.3, 0.4) is 0 Å². The first-order valence-electron chi connectivity index (χ1n) is 9.86. The molecule has 0 bridgehead atoms. The van der Waals surface area contributed by atoms with Gasteiger partial charge in [-0.25, -0.2) is 4.98 Å². The van der Waals surface area contributed by atoms with Crippen LogP contribution < -0.4 is 10.6 Å². The number of H-pyrrole nitrogens is 1. The SMILES string of the molecule is O=C(NC(CO)C(=O)NCc1ccccc1)c1sccc1Cc1ccnc2[nH]ccc12. The summed E-state index contributed by atoms with van der Waals surface area (Å²) in [5, 5.41) is 17.9. The lowest BCUT2D eigenvalue weighted by Gasteiger charge is -2.16. The van der Waals surface area contributed by atoms with Crippen LogP contribution in [0, 0.1) is 0 Å². The molecule has 4 N–H and O–H groups in total. The van der Waals surface area contributed by atoms with Gasteiger partial charge in [0.1, 0.15) is 11.7 Å². The van der Waals surface area contributed by atoms with Crippen molar-refractivity contribution in [1.82, 2.24) is 20.6 Å². The average Bonchev–Trinajstić information content (AvgIpc) is 3.46. The second-order valence-electron chi connectivity index (χ2n) is 7.07. The van der Waals surface area contributed by atoms with Crippen LogP contribution in [-0.2, 0) is 17.8 Å². The largest absolute Gasteiger partial charge is 0.394 e. The van der Waals surface area contributed by atoms with E-state index in [0.717, 1.165) is 27.7 Å². The Morgan fingerprint density at radius 2 is 1.94 bits per heavy atom. The number of pyridine rings is 1. The van der Waals surface area contributed by atoms with Gasteiger partial charge in [0.2, 0.25) is 5.91 Å². The second-order valence-corrected chi connectivity index (χ2v) is 7.99. The van der Waals surface area contributed by atoms with Crippen LogP contribution in [0.2, 0.25) is 0 Å². The van der Waals surface area contributed by atoms with Gasteiger partial charge in [0.15, 0.2) is 0 Å². The number of fused-ring (bicyclic) bond motifs is 1. The van der Waals surface area contributed by atoms with Crippen molar-refractivity contribution in [2.45, 2.75) is 19.0 Å². The lowest BCUT2D eigenvalue weighted by Crippen LogP contribution is -2.48. The third kappa shape index (κ3) is 4.82. The molecule has 31 heavy (non-hydrogen) atoms. The molecule has 1 atom stereocenters. The Bertz CT molecular complexity index is 1190. The summed E-state index contributed by atoms with van der Waals surface area (Å²) in [6.07, 6.45) is 4.13. The first kappa shape index (κ1) is 20.8. The molecule has 4 rings (SSSR count). The van der Waals surface area contributed by atoms with Gasteiger partial charge < -0.3 is 20.7 Å². The number of hydrogen-bond acceptors (Lipinski definition) is 5. The fourth-order valence-corrected chi connectivity index (χ4v) is 4.20. The fraction of sp³-hybridized carbons (Fsp3) is 0.174. The highest BCUT2D eigenvalue weighted by Gasteiger charge is 2.23. The Balaban J connectivity index is 1.43. The van der Waals surface area contributed by atoms with Gasteiger partial charge in [-0.2, -0.15) is 0 Å². The Morgan fingerprint density at radius 3 is 2.74 bits per heavy atom. The molecule has 0 aliphatic rings. The Labute approximate surface area is 183 Å². The zero-order valence-corrected chi connectivity index (χ0v) is 17.5. The fourth-order valence-electron chi connectivity index (χ4n) is 3.38. The number of aromatic nitrogens is 2. The van der Waals surface area contributed by atoms with Gasteiger partial charge in [-0.15, -0.1) is 11.3 Å². The molecule has 0 spiro atoms. The molecule has 0 saturated carbocycles. The predicted octanol–water partition coefficient (Wildman–Crippen LogP) is 2.62. The highest BCUT2D eigenvalue weighted by molar-refractivity contribution is 7.12. The van der Waals surface area contributed by atoms with Crippen molar-refractivity contribution in [1.29, 1.82) is 0 Å². The first-order chi connectivity index (χ1) is 15.2. The van der Waals surface area contributed by atoms with Crippen LogP contribution in [0.25, 0.3) is 11.0 Å². The van der Waals surface area contributed by atoms with Gasteiger partial charge in [0.05, 0.1) is 11.5 Å². The van der Waals surface area contributed by atoms with Crippen molar-refractivity contribution < 1.29 is 14.7 Å². The maximum absolute atomic E-state index is 12.9. The number of carbonyl (C=O) groups is 2. The molecule has 0 saturated heterocycles. The summed E-state index contributed by atoms with van der Waals surface area (Å²) in [5.41, 5.74) is 3.65. The third-order valence-electron chi connectivity index (χ3n) is 5.00. The number of carbonyl (C=O) groups excluding carboxylic acids is 2. The molecule has 3 heterocycles. The molecule has 1 aromatic carbocycles. The Kier molecular flexibility index (Phi) is 6.40. The summed E-state index contributed by atoms with van der Waals surface area (Å²) in [6.45, 7) is -0.160. The molecule has 1 unspecified atom stereocenters. The van der Waals surface area contributed by atoms with Crippen molar-refractivity contribution in [2.75, 3.05) is 6.61 Å². The number of aliphatic hydroxyl groups is 1. The van der Waals surface area contributed by atoms with E-state index in [1.807, 2.05) is 60.1 Å². The number of nitrogens with zero attached hydrogens (tertiary/aromatic N) is 1. The van der Waals surface area contributed by atoms with Crippen LogP contribution in [0.15, 0.2) is 66.3 Å². The lowest BCUT2D eigenvalue weighted by molar-refractivity contribution is -0.124. The van der Waals surface area contributed by atoms with Crippen molar-refractivity contribution in [3.05, 3.63) is 87.9 Å². The molecule has 2 amide bonds. The van der Waals surface area contributed by atoms with Gasteiger partial charge in [-0.1, -0.05) is 30.3 Å². The summed E-state index contributed by atoms with van der Waals surface area (Å²) < 4.78 is 0. The normalized spacial score (nSPS) is 11.9. The number of aliphatic hydroxyl groups excluding tert-OH is 1. The highest BCUT2D eigenvalue weighted by atomic mass is 32.1. The van der Waals surface area contributed by atoms with Crippen LogP contribution in [0.5, 0.6) is 0 Å². The summed E-state index contributed by atoms with van der Waals surface area (Å²) in [7, 11) is 0. The number of nitrogens with one attached hydrogen (secondary N) is 3. The summed E-state index contributed by atoms with van der Waals surface area (Å²) in [4.78, 5) is 33.2. The number of thiophene rings is 1. The van der Waals surface area contributed by atoms with E-state index in [1.165, 1.54) is 11.3 Å². The van der Waals surface area contributed by atoms with Crippen molar-refractivity contribution >= 4 is 34.2 Å². The zero-order chi connectivity index (χ0) is 21.6. The third-order valence-corrected chi connectivity index (χ3v) is 5.95. The predicted molar refractivity (Wildman–Crippen MR) is 120 cm³/mol. The number of hydrogen-bond donors (Lipinski definition) is 4. The number of benzene rings is 1. The molecule has 7 nitrogen and oxygen atoms in total. The van der Waals surface area contributed by atoms with E-state index >= 15 is 0 Å². The molecular formula is C23H22N4O3S. The van der Waals surface area contributed by atoms with Gasteiger partial charge in [0, 0.05) is 24.3 Å². The van der Waals surface area contributed by atoms with E-state index in [-0.39, 0.29) is 5.91 Å². The minimum Gasteiger partial charge on any atom is -0.394 e. The van der Waals surface area contributed by atoms with E-state index < -0.39 is 18.6 Å². The van der Waals surface area contributed by atoms with E-state index in [2.05, 4.69) is 20.6 Å². The number of aromatic amines is 1. The van der Waals surface area contributed by atoms with Crippen molar-refractivity contribution in [3.8, 4) is 0 Å². The van der Waals surface area contributed by atoms with Crippen molar-refractivity contribution in [3.63, 3.8) is 0 Å². The lowest BCUT2D eigenvalue weighted by atomic mass is 10.0. The smallest absolute Gasteiger partial charge is 0.262 e. The van der Waals surface area contributed by atoms with Gasteiger partial charge in [-0.3, -0.25) is 9.59 Å². The van der Waals surface area contributed by atoms with E-state index in [4.69, 9.17) is 0 Å². The van der Waals surface area contributed by atoms with E-state index in [9.17, 15) is 14.7 Å². The molecule has 0 aliphatic heterocycles. The minimum atomic E-state index is -1.02. The standard InChI is InChI=1S/C23H22N4O3S/c28-14-19(22(29)26-13-15-4-2-1-3-5-15)27-23(30)20-17(8-11-31-20)12-16-6-9-24-21-18(16)7-10-25-21/h1-11,19,28H,12-14H2,(H,24,25)(H,26,29)(H,27,30). The van der Waals surface area contributed by atoms with Gasteiger partial charge in [-0.05, 0) is 46.7 Å². The number of rotatable bonds is 8. The molecule has 0 fully saturated rings. The highest BCUT2D eigenvalue weighted by Crippen LogP contribution is 2.24. The maximum Gasteiger partial charge on any atom is 0.262 e. The van der Waals surface area contributed by atoms with Crippen LogP contribution in [0.1, 0.15) is 26.4 Å². The quantitative estimate of drug-likeness (QED) is 0.342. The van der Waals surface area contributed by atoms with Crippen molar-refractivity contribution in [2.24, 2.45) is 0 Å². The first-order valence-corrected chi connectivity index (χ1v) is 10.7. The Hall–Kier alpha value is -3.49. The maximum atomic E-state index is 12.9. The van der Waals surface area contributed by atoms with Gasteiger partial charge in [0.25, 0.3) is 5.91 Å². The van der Waals surface area contributed by atoms with Crippen LogP contribution in [-0.4, -0.2) is 39.5 Å². The topological polar surface area (TPSA) is 107 Å². The molecular weight excluding hydrogens is 412 g/mol. The van der Waals surface area contributed by atoms with Gasteiger partial charge >= 0.3 is 0 Å². The molecule has 0 aliphatic carbocycles. The number of amides is 2.